The minimum atomic E-state index is -5.08. The van der Waals surface area contributed by atoms with Gasteiger partial charge in [0.2, 0.25) is 17.8 Å². The lowest BCUT2D eigenvalue weighted by atomic mass is 9.86. The lowest BCUT2D eigenvalue weighted by Crippen LogP contribution is -2.34. The first-order chi connectivity index (χ1) is 18.0. The molecule has 2 aromatic heterocycles. The molecule has 0 unspecified atom stereocenters. The lowest BCUT2D eigenvalue weighted by molar-refractivity contribution is -0.192. The maximum atomic E-state index is 15.0. The molecule has 2 aliphatic rings. The van der Waals surface area contributed by atoms with Crippen LogP contribution in [0.2, 0.25) is 0 Å². The average Bonchev–Trinajstić information content (AvgIpc) is 3.64. The lowest BCUT2D eigenvalue weighted by Gasteiger charge is -2.29. The van der Waals surface area contributed by atoms with Crippen molar-refractivity contribution in [2.75, 3.05) is 42.8 Å². The summed E-state index contributed by atoms with van der Waals surface area (Å²) in [5, 5.41) is 21.2. The van der Waals surface area contributed by atoms with Crippen LogP contribution in [0.5, 0.6) is 0 Å². The highest BCUT2D eigenvalue weighted by atomic mass is 19.4. The van der Waals surface area contributed by atoms with Crippen molar-refractivity contribution in [2.45, 2.75) is 76.3 Å². The van der Waals surface area contributed by atoms with E-state index < -0.39 is 17.8 Å². The fourth-order valence-electron chi connectivity index (χ4n) is 3.87. The maximum Gasteiger partial charge on any atom is 0.490 e. The van der Waals surface area contributed by atoms with Gasteiger partial charge in [-0.2, -0.15) is 33.2 Å². The highest BCUT2D eigenvalue weighted by Gasteiger charge is 2.38. The standard InChI is InChI=1S/C21H33FN8O.C2HF3O2/c1-15-16(13-30(29-15)17-6-7-17)12-24-19-26-18(23-10-11-31-2)27-20(28-19)25-14-21(22)8-4-3-5-9-21;3-2(4,5)1(6)7/h13,17H,3-12,14H2,1-2H3,(H3,23,24,25,26,27,28);(H,6,7). The molecular weight excluding hydrogens is 512 g/mol. The van der Waals surface area contributed by atoms with E-state index in [1.54, 1.807) is 7.11 Å². The number of nitrogens with zero attached hydrogens (tertiary/aromatic N) is 5. The maximum absolute atomic E-state index is 15.0. The molecule has 2 aliphatic carbocycles. The molecule has 2 fully saturated rings. The first kappa shape index (κ1) is 29.3. The van der Waals surface area contributed by atoms with Gasteiger partial charge in [-0.3, -0.25) is 4.68 Å². The number of hydrogen-bond donors (Lipinski definition) is 4. The zero-order valence-electron chi connectivity index (χ0n) is 21.4. The molecule has 38 heavy (non-hydrogen) atoms. The van der Waals surface area contributed by atoms with Gasteiger partial charge in [0.25, 0.3) is 0 Å². The zero-order valence-corrected chi connectivity index (χ0v) is 21.4. The normalized spacial score (nSPS) is 16.8. The number of aromatic nitrogens is 5. The van der Waals surface area contributed by atoms with Gasteiger partial charge in [0.05, 0.1) is 24.9 Å². The summed E-state index contributed by atoms with van der Waals surface area (Å²) in [5.74, 6) is -1.52. The highest BCUT2D eigenvalue weighted by molar-refractivity contribution is 5.73. The molecular formula is C23H34F4N8O3. The van der Waals surface area contributed by atoms with Crippen molar-refractivity contribution in [1.82, 2.24) is 24.7 Å². The molecule has 15 heteroatoms. The van der Waals surface area contributed by atoms with Crippen LogP contribution in [0, 0.1) is 6.92 Å². The Morgan fingerprint density at radius 2 is 1.68 bits per heavy atom. The Hall–Kier alpha value is -3.23. The Labute approximate surface area is 217 Å². The van der Waals surface area contributed by atoms with E-state index in [0.717, 1.165) is 30.5 Å². The molecule has 212 valence electrons. The smallest absolute Gasteiger partial charge is 0.475 e. The summed E-state index contributed by atoms with van der Waals surface area (Å²) in [5.41, 5.74) is 0.916. The van der Waals surface area contributed by atoms with Gasteiger partial charge in [-0.1, -0.05) is 19.3 Å². The van der Waals surface area contributed by atoms with Crippen molar-refractivity contribution in [3.8, 4) is 0 Å². The Morgan fingerprint density at radius 1 is 1.11 bits per heavy atom. The van der Waals surface area contributed by atoms with Crippen molar-refractivity contribution >= 4 is 23.8 Å². The number of carboxylic acid groups (broad SMARTS) is 1. The van der Waals surface area contributed by atoms with Crippen molar-refractivity contribution in [1.29, 1.82) is 0 Å². The Morgan fingerprint density at radius 3 is 2.24 bits per heavy atom. The molecule has 0 aromatic carbocycles. The Bertz CT molecular complexity index is 1060. The third-order valence-corrected chi connectivity index (χ3v) is 6.16. The number of nitrogens with one attached hydrogen (secondary N) is 3. The number of alkyl halides is 4. The molecule has 4 rings (SSSR count). The van der Waals surface area contributed by atoms with Gasteiger partial charge >= 0.3 is 12.1 Å². The Balaban J connectivity index is 0.000000505. The molecule has 4 N–H and O–H groups in total. The fraction of sp³-hybridized carbons (Fsp3) is 0.696. The summed E-state index contributed by atoms with van der Waals surface area (Å²) in [6.07, 6.45) is 3.54. The van der Waals surface area contributed by atoms with Crippen LogP contribution in [0.25, 0.3) is 0 Å². The number of carboxylic acids is 1. The van der Waals surface area contributed by atoms with E-state index in [4.69, 9.17) is 14.6 Å². The van der Waals surface area contributed by atoms with Crippen LogP contribution in [0.1, 0.15) is 62.2 Å². The van der Waals surface area contributed by atoms with E-state index in [2.05, 4.69) is 46.9 Å². The molecule has 0 radical (unpaired) electrons. The topological polar surface area (TPSA) is 139 Å². The molecule has 0 amide bonds. The number of methoxy groups -OCH3 is 1. The van der Waals surface area contributed by atoms with Crippen LogP contribution in [0.3, 0.4) is 0 Å². The van der Waals surface area contributed by atoms with E-state index >= 15 is 4.39 Å². The molecule has 0 spiro atoms. The number of aryl methyl sites for hydroxylation is 1. The van der Waals surface area contributed by atoms with Crippen LogP contribution >= 0.6 is 0 Å². The van der Waals surface area contributed by atoms with Crippen LogP contribution in [0.4, 0.5) is 35.4 Å². The summed E-state index contributed by atoms with van der Waals surface area (Å²) >= 11 is 0. The highest BCUT2D eigenvalue weighted by Crippen LogP contribution is 2.34. The third kappa shape index (κ3) is 9.26. The first-order valence-electron chi connectivity index (χ1n) is 12.5. The summed E-state index contributed by atoms with van der Waals surface area (Å²) in [6, 6.07) is 0.546. The summed E-state index contributed by atoms with van der Waals surface area (Å²) in [6.45, 7) is 3.89. The van der Waals surface area contributed by atoms with E-state index in [1.165, 1.54) is 12.8 Å². The fourth-order valence-corrected chi connectivity index (χ4v) is 3.87. The molecule has 0 saturated heterocycles. The SMILES string of the molecule is COCCNc1nc(NCc2cn(C3CC3)nc2C)nc(NCC2(F)CCCCC2)n1.O=C(O)C(F)(F)F. The van der Waals surface area contributed by atoms with E-state index in [0.29, 0.717) is 56.4 Å². The molecule has 2 saturated carbocycles. The monoisotopic (exact) mass is 546 g/mol. The summed E-state index contributed by atoms with van der Waals surface area (Å²) < 4.78 is 53.9. The number of halogens is 4. The zero-order chi connectivity index (χ0) is 27.8. The largest absolute Gasteiger partial charge is 0.490 e. The molecule has 2 aromatic rings. The number of hydrogen-bond acceptors (Lipinski definition) is 9. The predicted molar refractivity (Wildman–Crippen MR) is 132 cm³/mol. The van der Waals surface area contributed by atoms with Crippen LogP contribution in [-0.2, 0) is 16.1 Å². The second-order valence-corrected chi connectivity index (χ2v) is 9.40. The van der Waals surface area contributed by atoms with Crippen molar-refractivity contribution in [2.24, 2.45) is 0 Å². The van der Waals surface area contributed by atoms with E-state index in [9.17, 15) is 13.2 Å². The van der Waals surface area contributed by atoms with Crippen molar-refractivity contribution < 1.29 is 32.2 Å². The van der Waals surface area contributed by atoms with Gasteiger partial charge in [0.1, 0.15) is 5.67 Å². The van der Waals surface area contributed by atoms with Gasteiger partial charge < -0.3 is 25.8 Å². The molecule has 0 aliphatic heterocycles. The van der Waals surface area contributed by atoms with Gasteiger partial charge in [-0.15, -0.1) is 0 Å². The van der Waals surface area contributed by atoms with Crippen LogP contribution < -0.4 is 16.0 Å². The Kier molecular flexibility index (Phi) is 10.1. The molecule has 0 atom stereocenters. The number of rotatable bonds is 11. The second-order valence-electron chi connectivity index (χ2n) is 9.40. The third-order valence-electron chi connectivity index (χ3n) is 6.16. The number of anilines is 3. The van der Waals surface area contributed by atoms with Crippen molar-refractivity contribution in [3.05, 3.63) is 17.5 Å². The van der Waals surface area contributed by atoms with Crippen LogP contribution in [-0.4, -0.2) is 74.5 Å². The minimum Gasteiger partial charge on any atom is -0.475 e. The number of carbonyl (C=O) groups is 1. The number of aliphatic carboxylic acids is 1. The van der Waals surface area contributed by atoms with Crippen molar-refractivity contribution in [3.63, 3.8) is 0 Å². The van der Waals surface area contributed by atoms with E-state index in [-0.39, 0.29) is 6.54 Å². The van der Waals surface area contributed by atoms with E-state index in [1.807, 2.05) is 6.92 Å². The van der Waals surface area contributed by atoms with Crippen LogP contribution in [0.15, 0.2) is 6.20 Å². The van der Waals surface area contributed by atoms with Gasteiger partial charge in [-0.05, 0) is 32.6 Å². The molecule has 11 nitrogen and oxygen atoms in total. The number of ether oxygens (including phenoxy) is 1. The summed E-state index contributed by atoms with van der Waals surface area (Å²) in [7, 11) is 1.64. The van der Waals surface area contributed by atoms with Gasteiger partial charge in [0, 0.05) is 32.0 Å². The summed E-state index contributed by atoms with van der Waals surface area (Å²) in [4.78, 5) is 22.2. The predicted octanol–water partition coefficient (Wildman–Crippen LogP) is 4.10. The molecule has 0 bridgehead atoms. The minimum absolute atomic E-state index is 0.210. The quantitative estimate of drug-likeness (QED) is 0.241. The first-order valence-corrected chi connectivity index (χ1v) is 12.5. The van der Waals surface area contributed by atoms with Gasteiger partial charge in [0.15, 0.2) is 0 Å². The average molecular weight is 547 g/mol. The second kappa shape index (κ2) is 13.0. The van der Waals surface area contributed by atoms with Gasteiger partial charge in [-0.25, -0.2) is 9.18 Å². The molecule has 2 heterocycles.